The quantitative estimate of drug-likeness (QED) is 0.371. The Bertz CT molecular complexity index is 752. The van der Waals surface area contributed by atoms with Gasteiger partial charge in [-0.15, -0.1) is 0 Å². The highest BCUT2D eigenvalue weighted by Gasteiger charge is 2.09. The first-order chi connectivity index (χ1) is 13.6. The molecule has 1 heterocycles. The number of pyridine rings is 1. The number of nitrogens with zero attached hydrogens (tertiary/aromatic N) is 2. The second-order valence-electron chi connectivity index (χ2n) is 6.31. The number of ether oxygens (including phenoxy) is 3. The molecule has 1 aromatic carbocycles. The van der Waals surface area contributed by atoms with Crippen LogP contribution in [-0.2, 0) is 11.3 Å². The Morgan fingerprint density at radius 2 is 1.96 bits per heavy atom. The number of hydrogen-bond acceptors (Lipinski definition) is 5. The predicted molar refractivity (Wildman–Crippen MR) is 111 cm³/mol. The van der Waals surface area contributed by atoms with Crippen molar-refractivity contribution >= 4 is 5.96 Å². The normalized spacial score (nSPS) is 12.4. The Labute approximate surface area is 167 Å². The zero-order chi connectivity index (χ0) is 20.2. The van der Waals surface area contributed by atoms with Crippen LogP contribution >= 0.6 is 0 Å². The zero-order valence-electron chi connectivity index (χ0n) is 17.1. The molecule has 0 aliphatic rings. The van der Waals surface area contributed by atoms with Crippen molar-refractivity contribution in [2.45, 2.75) is 26.5 Å². The molecular formula is C21H30N4O3. The first kappa shape index (κ1) is 21.5. The molecule has 28 heavy (non-hydrogen) atoms. The molecule has 1 unspecified atom stereocenters. The molecule has 0 fully saturated rings. The number of benzene rings is 1. The Balaban J connectivity index is 1.82. The van der Waals surface area contributed by atoms with Gasteiger partial charge in [0.2, 0.25) is 5.88 Å². The van der Waals surface area contributed by atoms with E-state index in [4.69, 9.17) is 14.2 Å². The molecule has 0 aliphatic carbocycles. The number of hydrogen-bond donors (Lipinski definition) is 2. The van der Waals surface area contributed by atoms with Crippen molar-refractivity contribution in [3.8, 4) is 11.6 Å². The lowest BCUT2D eigenvalue weighted by atomic mass is 10.2. The molecule has 0 saturated carbocycles. The van der Waals surface area contributed by atoms with Crippen molar-refractivity contribution in [2.75, 3.05) is 33.9 Å². The van der Waals surface area contributed by atoms with Crippen LogP contribution in [0.3, 0.4) is 0 Å². The molecule has 0 amide bonds. The van der Waals surface area contributed by atoms with E-state index in [2.05, 4.69) is 20.6 Å². The fraction of sp³-hybridized carbons (Fsp3) is 0.429. The van der Waals surface area contributed by atoms with E-state index in [-0.39, 0.29) is 6.10 Å². The van der Waals surface area contributed by atoms with Crippen LogP contribution in [0.5, 0.6) is 11.6 Å². The number of guanidine groups is 1. The molecule has 2 rings (SSSR count). The van der Waals surface area contributed by atoms with Crippen LogP contribution in [0.2, 0.25) is 0 Å². The van der Waals surface area contributed by atoms with E-state index in [1.807, 2.05) is 50.2 Å². The summed E-state index contributed by atoms with van der Waals surface area (Å²) in [4.78, 5) is 8.55. The second kappa shape index (κ2) is 11.8. The first-order valence-corrected chi connectivity index (χ1v) is 9.36. The molecule has 0 aliphatic heterocycles. The lowest BCUT2D eigenvalue weighted by molar-refractivity contribution is 0.143. The molecule has 2 aromatic rings. The maximum atomic E-state index is 5.99. The Morgan fingerprint density at radius 3 is 2.71 bits per heavy atom. The lowest BCUT2D eigenvalue weighted by Crippen LogP contribution is -2.41. The van der Waals surface area contributed by atoms with Crippen molar-refractivity contribution in [3.63, 3.8) is 0 Å². The van der Waals surface area contributed by atoms with Gasteiger partial charge >= 0.3 is 0 Å². The number of methoxy groups -OCH3 is 1. The van der Waals surface area contributed by atoms with Gasteiger partial charge in [-0.3, -0.25) is 4.99 Å². The summed E-state index contributed by atoms with van der Waals surface area (Å²) in [5.74, 6) is 2.18. The highest BCUT2D eigenvalue weighted by molar-refractivity contribution is 5.79. The van der Waals surface area contributed by atoms with Gasteiger partial charge in [-0.2, -0.15) is 0 Å². The third-order valence-electron chi connectivity index (χ3n) is 4.02. The van der Waals surface area contributed by atoms with Crippen LogP contribution in [0.25, 0.3) is 0 Å². The molecule has 152 valence electrons. The summed E-state index contributed by atoms with van der Waals surface area (Å²) >= 11 is 0. The molecule has 0 saturated heterocycles. The van der Waals surface area contributed by atoms with Gasteiger partial charge in [-0.25, -0.2) is 4.98 Å². The molecule has 1 aromatic heterocycles. The van der Waals surface area contributed by atoms with E-state index in [1.165, 1.54) is 0 Å². The van der Waals surface area contributed by atoms with Crippen molar-refractivity contribution in [2.24, 2.45) is 4.99 Å². The van der Waals surface area contributed by atoms with E-state index in [9.17, 15) is 0 Å². The van der Waals surface area contributed by atoms with Gasteiger partial charge in [0, 0.05) is 32.5 Å². The number of nitrogens with one attached hydrogen (secondary N) is 2. The fourth-order valence-electron chi connectivity index (χ4n) is 2.50. The van der Waals surface area contributed by atoms with Crippen LogP contribution < -0.4 is 20.1 Å². The third-order valence-corrected chi connectivity index (χ3v) is 4.02. The summed E-state index contributed by atoms with van der Waals surface area (Å²) in [6, 6.07) is 11.8. The SMILES string of the molecule is CN=C(NCc1cccnc1OCCOC)NCC(C)Oc1ccccc1C. The van der Waals surface area contributed by atoms with Gasteiger partial charge in [-0.1, -0.05) is 24.3 Å². The molecule has 7 heteroatoms. The van der Waals surface area contributed by atoms with Crippen LogP contribution in [0, 0.1) is 6.92 Å². The van der Waals surface area contributed by atoms with E-state index in [0.29, 0.717) is 38.1 Å². The summed E-state index contributed by atoms with van der Waals surface area (Å²) in [5, 5.41) is 6.56. The predicted octanol–water partition coefficient (Wildman–Crippen LogP) is 2.55. The van der Waals surface area contributed by atoms with Crippen molar-refractivity contribution in [3.05, 3.63) is 53.7 Å². The van der Waals surface area contributed by atoms with E-state index in [0.717, 1.165) is 16.9 Å². The van der Waals surface area contributed by atoms with Crippen LogP contribution in [0.1, 0.15) is 18.1 Å². The highest BCUT2D eigenvalue weighted by atomic mass is 16.5. The van der Waals surface area contributed by atoms with Gasteiger partial charge in [-0.05, 0) is 31.5 Å². The Kier molecular flexibility index (Phi) is 9.07. The van der Waals surface area contributed by atoms with Gasteiger partial charge in [0.25, 0.3) is 0 Å². The summed E-state index contributed by atoms with van der Waals surface area (Å²) < 4.78 is 16.7. The standard InChI is InChI=1S/C21H30N4O3/c1-16-8-5-6-10-19(16)28-17(2)14-24-21(22-3)25-15-18-9-7-11-23-20(18)27-13-12-26-4/h5-11,17H,12-15H2,1-4H3,(H2,22,24,25). The summed E-state index contributed by atoms with van der Waals surface area (Å²) in [5.41, 5.74) is 2.07. The minimum atomic E-state index is -0.00835. The molecule has 0 radical (unpaired) electrons. The number of aryl methyl sites for hydroxylation is 1. The smallest absolute Gasteiger partial charge is 0.218 e. The van der Waals surface area contributed by atoms with E-state index in [1.54, 1.807) is 20.4 Å². The van der Waals surface area contributed by atoms with Gasteiger partial charge in [0.15, 0.2) is 5.96 Å². The maximum absolute atomic E-state index is 5.99. The van der Waals surface area contributed by atoms with Crippen molar-refractivity contribution in [1.82, 2.24) is 15.6 Å². The first-order valence-electron chi connectivity index (χ1n) is 9.36. The molecule has 0 spiro atoms. The topological polar surface area (TPSA) is 77.0 Å². The summed E-state index contributed by atoms with van der Waals surface area (Å²) in [6.07, 6.45) is 1.70. The van der Waals surface area contributed by atoms with Gasteiger partial charge in [0.1, 0.15) is 18.5 Å². The number of aliphatic imine (C=N–C) groups is 1. The van der Waals surface area contributed by atoms with Crippen molar-refractivity contribution < 1.29 is 14.2 Å². The van der Waals surface area contributed by atoms with Crippen LogP contribution in [-0.4, -0.2) is 51.0 Å². The van der Waals surface area contributed by atoms with Crippen molar-refractivity contribution in [1.29, 1.82) is 0 Å². The lowest BCUT2D eigenvalue weighted by Gasteiger charge is -2.19. The minimum absolute atomic E-state index is 0.00835. The van der Waals surface area contributed by atoms with Gasteiger partial charge in [0.05, 0.1) is 13.2 Å². The van der Waals surface area contributed by atoms with Crippen LogP contribution in [0.15, 0.2) is 47.6 Å². The monoisotopic (exact) mass is 386 g/mol. The fourth-order valence-corrected chi connectivity index (χ4v) is 2.50. The molecule has 7 nitrogen and oxygen atoms in total. The van der Waals surface area contributed by atoms with Gasteiger partial charge < -0.3 is 24.8 Å². The summed E-state index contributed by atoms with van der Waals surface area (Å²) in [7, 11) is 3.38. The zero-order valence-corrected chi connectivity index (χ0v) is 17.1. The maximum Gasteiger partial charge on any atom is 0.218 e. The Morgan fingerprint density at radius 1 is 1.14 bits per heavy atom. The second-order valence-corrected chi connectivity index (χ2v) is 6.31. The molecule has 2 N–H and O–H groups in total. The largest absolute Gasteiger partial charge is 0.489 e. The Hall–Kier alpha value is -2.80. The molecule has 0 bridgehead atoms. The average molecular weight is 386 g/mol. The van der Waals surface area contributed by atoms with E-state index < -0.39 is 0 Å². The number of aromatic nitrogens is 1. The minimum Gasteiger partial charge on any atom is -0.489 e. The molecular weight excluding hydrogens is 356 g/mol. The summed E-state index contributed by atoms with van der Waals surface area (Å²) in [6.45, 7) is 6.21. The highest BCUT2D eigenvalue weighted by Crippen LogP contribution is 2.17. The number of para-hydroxylation sites is 1. The molecule has 1 atom stereocenters. The third kappa shape index (κ3) is 7.08. The van der Waals surface area contributed by atoms with Crippen LogP contribution in [0.4, 0.5) is 0 Å². The average Bonchev–Trinajstić information content (AvgIpc) is 2.71. The number of rotatable bonds is 10. The van der Waals surface area contributed by atoms with E-state index >= 15 is 0 Å².